The summed E-state index contributed by atoms with van der Waals surface area (Å²) in [5, 5.41) is 21.4. The van der Waals surface area contributed by atoms with E-state index in [-0.39, 0.29) is 11.3 Å². The minimum atomic E-state index is -1.03. The van der Waals surface area contributed by atoms with Crippen LogP contribution in [-0.4, -0.2) is 22.7 Å². The molecular formula is C16H15NO3. The Balaban J connectivity index is 2.02. The quantitative estimate of drug-likeness (QED) is 0.779. The van der Waals surface area contributed by atoms with Crippen LogP contribution >= 0.6 is 0 Å². The second kappa shape index (κ2) is 6.43. The number of benzene rings is 2. The molecule has 0 spiro atoms. The van der Waals surface area contributed by atoms with E-state index in [4.69, 9.17) is 5.11 Å². The first-order chi connectivity index (χ1) is 9.66. The largest absolute Gasteiger partial charge is 0.508 e. The summed E-state index contributed by atoms with van der Waals surface area (Å²) in [6.07, 6.45) is 3.83. The SMILES string of the molecule is O=C(O)c1ccc(O)cc1NCC=Cc1ccccc1. The Labute approximate surface area is 117 Å². The van der Waals surface area contributed by atoms with Gasteiger partial charge in [-0.15, -0.1) is 0 Å². The minimum absolute atomic E-state index is 0.0320. The molecule has 0 radical (unpaired) electrons. The summed E-state index contributed by atoms with van der Waals surface area (Å²) in [4.78, 5) is 11.0. The number of carboxylic acid groups (broad SMARTS) is 1. The maximum atomic E-state index is 11.0. The molecule has 2 aromatic rings. The Hall–Kier alpha value is -2.75. The molecule has 0 saturated heterocycles. The van der Waals surface area contributed by atoms with Gasteiger partial charge in [-0.05, 0) is 17.7 Å². The number of anilines is 1. The van der Waals surface area contributed by atoms with Gasteiger partial charge in [0.1, 0.15) is 5.75 Å². The zero-order valence-corrected chi connectivity index (χ0v) is 10.8. The Bertz CT molecular complexity index is 621. The molecule has 0 aliphatic rings. The highest BCUT2D eigenvalue weighted by Gasteiger charge is 2.09. The van der Waals surface area contributed by atoms with Gasteiger partial charge < -0.3 is 15.5 Å². The molecule has 4 nitrogen and oxygen atoms in total. The lowest BCUT2D eigenvalue weighted by molar-refractivity contribution is 0.0698. The third-order valence-corrected chi connectivity index (χ3v) is 2.75. The molecule has 2 aromatic carbocycles. The Kier molecular flexibility index (Phi) is 4.39. The van der Waals surface area contributed by atoms with Crippen molar-refractivity contribution in [2.45, 2.75) is 0 Å². The summed E-state index contributed by atoms with van der Waals surface area (Å²) in [5.74, 6) is -0.996. The summed E-state index contributed by atoms with van der Waals surface area (Å²) in [6, 6.07) is 13.9. The van der Waals surface area contributed by atoms with Gasteiger partial charge in [-0.1, -0.05) is 42.5 Å². The molecule has 102 valence electrons. The summed E-state index contributed by atoms with van der Waals surface area (Å²) in [5.41, 5.74) is 1.61. The summed E-state index contributed by atoms with van der Waals surface area (Å²) < 4.78 is 0. The third-order valence-electron chi connectivity index (χ3n) is 2.75. The summed E-state index contributed by atoms with van der Waals surface area (Å²) >= 11 is 0. The van der Waals surface area contributed by atoms with Gasteiger partial charge in [0.05, 0.1) is 11.3 Å². The second-order valence-corrected chi connectivity index (χ2v) is 4.23. The second-order valence-electron chi connectivity index (χ2n) is 4.23. The van der Waals surface area contributed by atoms with Crippen LogP contribution in [0.2, 0.25) is 0 Å². The molecule has 2 rings (SSSR count). The zero-order valence-electron chi connectivity index (χ0n) is 10.8. The van der Waals surface area contributed by atoms with Gasteiger partial charge >= 0.3 is 5.97 Å². The Morgan fingerprint density at radius 3 is 2.60 bits per heavy atom. The van der Waals surface area contributed by atoms with Gasteiger partial charge in [0.25, 0.3) is 0 Å². The Morgan fingerprint density at radius 1 is 1.15 bits per heavy atom. The number of hydrogen-bond donors (Lipinski definition) is 3. The molecule has 0 aliphatic carbocycles. The third kappa shape index (κ3) is 3.62. The minimum Gasteiger partial charge on any atom is -0.508 e. The number of carboxylic acids is 1. The highest BCUT2D eigenvalue weighted by Crippen LogP contribution is 2.21. The molecule has 20 heavy (non-hydrogen) atoms. The van der Waals surface area contributed by atoms with Crippen LogP contribution in [0.4, 0.5) is 5.69 Å². The summed E-state index contributed by atoms with van der Waals surface area (Å²) in [6.45, 7) is 0.471. The van der Waals surface area contributed by atoms with Crippen LogP contribution in [0.5, 0.6) is 5.75 Å². The van der Waals surface area contributed by atoms with Crippen molar-refractivity contribution in [3.63, 3.8) is 0 Å². The van der Waals surface area contributed by atoms with Crippen LogP contribution in [0.3, 0.4) is 0 Å². The van der Waals surface area contributed by atoms with Crippen LogP contribution in [0.1, 0.15) is 15.9 Å². The number of phenols is 1. The van der Waals surface area contributed by atoms with Crippen molar-refractivity contribution < 1.29 is 15.0 Å². The number of hydrogen-bond acceptors (Lipinski definition) is 3. The normalized spacial score (nSPS) is 10.6. The van der Waals surface area contributed by atoms with Crippen molar-refractivity contribution in [3.8, 4) is 5.75 Å². The number of aromatic hydroxyl groups is 1. The van der Waals surface area contributed by atoms with Crippen LogP contribution in [-0.2, 0) is 0 Å². The molecule has 0 amide bonds. The number of phenolic OH excluding ortho intramolecular Hbond substituents is 1. The first-order valence-electron chi connectivity index (χ1n) is 6.18. The standard InChI is InChI=1S/C16H15NO3/c18-13-8-9-14(16(19)20)15(11-13)17-10-4-7-12-5-2-1-3-6-12/h1-9,11,17-18H,10H2,(H,19,20). The molecule has 4 heteroatoms. The van der Waals surface area contributed by atoms with Gasteiger partial charge in [-0.3, -0.25) is 0 Å². The van der Waals surface area contributed by atoms with Crippen molar-refractivity contribution in [2.24, 2.45) is 0 Å². The van der Waals surface area contributed by atoms with Gasteiger partial charge in [-0.25, -0.2) is 4.79 Å². The molecule has 0 unspecified atom stereocenters. The fourth-order valence-corrected chi connectivity index (χ4v) is 1.79. The molecule has 3 N–H and O–H groups in total. The maximum Gasteiger partial charge on any atom is 0.337 e. The lowest BCUT2D eigenvalue weighted by Crippen LogP contribution is -2.06. The molecule has 0 bridgehead atoms. The van der Waals surface area contributed by atoms with E-state index in [9.17, 15) is 9.90 Å². The van der Waals surface area contributed by atoms with E-state index in [2.05, 4.69) is 5.32 Å². The molecule has 0 aliphatic heterocycles. The number of rotatable bonds is 5. The number of aromatic carboxylic acids is 1. The summed E-state index contributed by atoms with van der Waals surface area (Å²) in [7, 11) is 0. The predicted molar refractivity (Wildman–Crippen MR) is 79.0 cm³/mol. The first-order valence-corrected chi connectivity index (χ1v) is 6.18. The zero-order chi connectivity index (χ0) is 14.4. The topological polar surface area (TPSA) is 69.6 Å². The van der Waals surface area contributed by atoms with Crippen LogP contribution in [0, 0.1) is 0 Å². The molecule has 0 aromatic heterocycles. The molecule has 0 atom stereocenters. The van der Waals surface area contributed by atoms with Crippen LogP contribution in [0.15, 0.2) is 54.6 Å². The molecule has 0 heterocycles. The first kappa shape index (κ1) is 13.7. The number of carbonyl (C=O) groups is 1. The van der Waals surface area contributed by atoms with Crippen molar-refractivity contribution in [1.29, 1.82) is 0 Å². The van der Waals surface area contributed by atoms with E-state index in [1.807, 2.05) is 42.5 Å². The molecule has 0 fully saturated rings. The predicted octanol–water partition coefficient (Wildman–Crippen LogP) is 3.22. The lowest BCUT2D eigenvalue weighted by Gasteiger charge is -2.08. The average Bonchev–Trinajstić information content (AvgIpc) is 2.44. The monoisotopic (exact) mass is 269 g/mol. The van der Waals surface area contributed by atoms with E-state index in [0.717, 1.165) is 5.56 Å². The van der Waals surface area contributed by atoms with Crippen LogP contribution < -0.4 is 5.32 Å². The fraction of sp³-hybridized carbons (Fsp3) is 0.0625. The maximum absolute atomic E-state index is 11.0. The van der Waals surface area contributed by atoms with Gasteiger partial charge in [-0.2, -0.15) is 0 Å². The van der Waals surface area contributed by atoms with Gasteiger partial charge in [0.15, 0.2) is 0 Å². The Morgan fingerprint density at radius 2 is 1.90 bits per heavy atom. The van der Waals surface area contributed by atoms with Crippen molar-refractivity contribution >= 4 is 17.7 Å². The number of nitrogens with one attached hydrogen (secondary N) is 1. The van der Waals surface area contributed by atoms with Gasteiger partial charge in [0, 0.05) is 12.6 Å². The van der Waals surface area contributed by atoms with Crippen molar-refractivity contribution in [1.82, 2.24) is 0 Å². The van der Waals surface area contributed by atoms with E-state index < -0.39 is 5.97 Å². The molecule has 0 saturated carbocycles. The van der Waals surface area contributed by atoms with Crippen LogP contribution in [0.25, 0.3) is 6.08 Å². The van der Waals surface area contributed by atoms with Crippen molar-refractivity contribution in [3.05, 3.63) is 65.7 Å². The van der Waals surface area contributed by atoms with E-state index in [0.29, 0.717) is 12.2 Å². The van der Waals surface area contributed by atoms with E-state index in [1.165, 1.54) is 18.2 Å². The van der Waals surface area contributed by atoms with E-state index >= 15 is 0 Å². The van der Waals surface area contributed by atoms with Gasteiger partial charge in [0.2, 0.25) is 0 Å². The van der Waals surface area contributed by atoms with E-state index in [1.54, 1.807) is 0 Å². The fourth-order valence-electron chi connectivity index (χ4n) is 1.79. The van der Waals surface area contributed by atoms with Crippen molar-refractivity contribution in [2.75, 3.05) is 11.9 Å². The highest BCUT2D eigenvalue weighted by atomic mass is 16.4. The highest BCUT2D eigenvalue weighted by molar-refractivity contribution is 5.94. The average molecular weight is 269 g/mol. The smallest absolute Gasteiger partial charge is 0.337 e. The lowest BCUT2D eigenvalue weighted by atomic mass is 10.1. The molecular weight excluding hydrogens is 254 g/mol.